The molecule has 0 aliphatic rings. The molecule has 0 aromatic heterocycles. The fourth-order valence-electron chi connectivity index (χ4n) is 2.07. The Morgan fingerprint density at radius 2 is 2.00 bits per heavy atom. The van der Waals surface area contributed by atoms with Crippen LogP contribution in [0.4, 0.5) is 0 Å². The molecule has 2 aromatic rings. The van der Waals surface area contributed by atoms with E-state index in [9.17, 15) is 9.59 Å². The third-order valence-electron chi connectivity index (χ3n) is 3.21. The van der Waals surface area contributed by atoms with Gasteiger partial charge in [-0.05, 0) is 36.8 Å². The maximum Gasteiger partial charge on any atom is 0.258 e. The van der Waals surface area contributed by atoms with Crippen LogP contribution in [0.25, 0.3) is 0 Å². The summed E-state index contributed by atoms with van der Waals surface area (Å²) in [7, 11) is 0. The predicted octanol–water partition coefficient (Wildman–Crippen LogP) is 4.06. The molecule has 0 saturated heterocycles. The highest BCUT2D eigenvalue weighted by Gasteiger charge is 2.14. The molecule has 6 heteroatoms. The van der Waals surface area contributed by atoms with Crippen LogP contribution in [-0.4, -0.2) is 18.8 Å². The van der Waals surface area contributed by atoms with Crippen LogP contribution >= 0.6 is 23.2 Å². The average Bonchev–Trinajstić information content (AvgIpc) is 2.53. The standard InChI is InChI=1S/C17H15Cl2NO3/c1-11(14-7-6-13(18)8-15(14)19)20-17(22)10-23-16-5-3-2-4-12(16)9-21/h2-9,11H,10H2,1H3,(H,20,22)/t11-/m1/s1. The van der Waals surface area contributed by atoms with Gasteiger partial charge in [0.05, 0.1) is 11.6 Å². The summed E-state index contributed by atoms with van der Waals surface area (Å²) in [6.07, 6.45) is 0.684. The highest BCUT2D eigenvalue weighted by molar-refractivity contribution is 6.35. The van der Waals surface area contributed by atoms with Crippen molar-refractivity contribution in [3.05, 3.63) is 63.6 Å². The Kier molecular flexibility index (Phi) is 6.02. The summed E-state index contributed by atoms with van der Waals surface area (Å²) in [6, 6.07) is 11.5. The molecule has 0 fully saturated rings. The number of rotatable bonds is 6. The van der Waals surface area contributed by atoms with Crippen LogP contribution in [0.5, 0.6) is 5.75 Å². The molecule has 2 rings (SSSR count). The molecule has 0 saturated carbocycles. The van der Waals surface area contributed by atoms with E-state index in [1.165, 1.54) is 0 Å². The zero-order valence-electron chi connectivity index (χ0n) is 12.4. The number of nitrogens with one attached hydrogen (secondary N) is 1. The fourth-order valence-corrected chi connectivity index (χ4v) is 2.64. The fraction of sp³-hybridized carbons (Fsp3) is 0.176. The molecule has 23 heavy (non-hydrogen) atoms. The molecule has 1 amide bonds. The first-order valence-electron chi connectivity index (χ1n) is 6.92. The molecule has 1 atom stereocenters. The van der Waals surface area contributed by atoms with Crippen molar-refractivity contribution in [3.63, 3.8) is 0 Å². The lowest BCUT2D eigenvalue weighted by atomic mass is 10.1. The minimum atomic E-state index is -0.316. The molecule has 120 valence electrons. The smallest absolute Gasteiger partial charge is 0.258 e. The summed E-state index contributed by atoms with van der Waals surface area (Å²) in [5.41, 5.74) is 1.16. The number of hydrogen-bond acceptors (Lipinski definition) is 3. The van der Waals surface area contributed by atoms with Gasteiger partial charge in [-0.15, -0.1) is 0 Å². The van der Waals surface area contributed by atoms with Crippen molar-refractivity contribution in [3.8, 4) is 5.75 Å². The Bertz CT molecular complexity index is 719. The first-order valence-corrected chi connectivity index (χ1v) is 7.68. The van der Waals surface area contributed by atoms with Crippen molar-refractivity contribution in [2.45, 2.75) is 13.0 Å². The Balaban J connectivity index is 1.95. The molecular formula is C17H15Cl2NO3. The van der Waals surface area contributed by atoms with Crippen LogP contribution in [0, 0.1) is 0 Å². The lowest BCUT2D eigenvalue weighted by Crippen LogP contribution is -2.31. The van der Waals surface area contributed by atoms with Gasteiger partial charge in [-0.2, -0.15) is 0 Å². The quantitative estimate of drug-likeness (QED) is 0.798. The van der Waals surface area contributed by atoms with E-state index in [4.69, 9.17) is 27.9 Å². The lowest BCUT2D eigenvalue weighted by molar-refractivity contribution is -0.123. The normalized spacial score (nSPS) is 11.6. The SMILES string of the molecule is C[C@@H](NC(=O)COc1ccccc1C=O)c1ccc(Cl)cc1Cl. The molecule has 0 unspecified atom stereocenters. The zero-order valence-corrected chi connectivity index (χ0v) is 13.9. The highest BCUT2D eigenvalue weighted by atomic mass is 35.5. The second kappa shape index (κ2) is 7.99. The third-order valence-corrected chi connectivity index (χ3v) is 3.77. The monoisotopic (exact) mass is 351 g/mol. The molecule has 0 aliphatic carbocycles. The largest absolute Gasteiger partial charge is 0.483 e. The summed E-state index contributed by atoms with van der Waals surface area (Å²) in [5.74, 6) is 0.0547. The summed E-state index contributed by atoms with van der Waals surface area (Å²) in [4.78, 5) is 22.9. The number of ether oxygens (including phenoxy) is 1. The molecule has 0 spiro atoms. The van der Waals surface area contributed by atoms with E-state index in [2.05, 4.69) is 5.32 Å². The number of para-hydroxylation sites is 1. The van der Waals surface area contributed by atoms with E-state index in [0.29, 0.717) is 27.6 Å². The van der Waals surface area contributed by atoms with Crippen LogP contribution in [0.2, 0.25) is 10.0 Å². The van der Waals surface area contributed by atoms with Crippen LogP contribution in [0.15, 0.2) is 42.5 Å². The van der Waals surface area contributed by atoms with Gasteiger partial charge in [0.15, 0.2) is 12.9 Å². The van der Waals surface area contributed by atoms with Crippen LogP contribution in [0.1, 0.15) is 28.9 Å². The topological polar surface area (TPSA) is 55.4 Å². The Morgan fingerprint density at radius 1 is 1.26 bits per heavy atom. The highest BCUT2D eigenvalue weighted by Crippen LogP contribution is 2.26. The number of carbonyl (C=O) groups is 2. The maximum atomic E-state index is 12.0. The number of halogens is 2. The van der Waals surface area contributed by atoms with Gasteiger partial charge >= 0.3 is 0 Å². The average molecular weight is 352 g/mol. The number of carbonyl (C=O) groups excluding carboxylic acids is 2. The van der Waals surface area contributed by atoms with Crippen LogP contribution in [0.3, 0.4) is 0 Å². The second-order valence-electron chi connectivity index (χ2n) is 4.90. The molecular weight excluding hydrogens is 337 g/mol. The van der Waals surface area contributed by atoms with Gasteiger partial charge in [-0.25, -0.2) is 0 Å². The zero-order chi connectivity index (χ0) is 16.8. The molecule has 0 bridgehead atoms. The van der Waals surface area contributed by atoms with Gasteiger partial charge in [-0.1, -0.05) is 41.4 Å². The van der Waals surface area contributed by atoms with Crippen LogP contribution in [-0.2, 0) is 4.79 Å². The van der Waals surface area contributed by atoms with Gasteiger partial charge in [0, 0.05) is 10.0 Å². The van der Waals surface area contributed by atoms with Crippen molar-refractivity contribution in [2.24, 2.45) is 0 Å². The minimum Gasteiger partial charge on any atom is -0.483 e. The summed E-state index contributed by atoms with van der Waals surface area (Å²) >= 11 is 12.0. The van der Waals surface area contributed by atoms with Crippen molar-refractivity contribution in [1.29, 1.82) is 0 Å². The van der Waals surface area contributed by atoms with E-state index in [1.54, 1.807) is 42.5 Å². The van der Waals surface area contributed by atoms with E-state index in [-0.39, 0.29) is 18.6 Å². The number of aldehydes is 1. The van der Waals surface area contributed by atoms with Crippen molar-refractivity contribution >= 4 is 35.4 Å². The van der Waals surface area contributed by atoms with Gasteiger partial charge < -0.3 is 10.1 Å². The Hall–Kier alpha value is -2.04. The van der Waals surface area contributed by atoms with E-state index < -0.39 is 0 Å². The van der Waals surface area contributed by atoms with Gasteiger partial charge in [-0.3, -0.25) is 9.59 Å². The van der Waals surface area contributed by atoms with Crippen LogP contribution < -0.4 is 10.1 Å². The first kappa shape index (κ1) is 17.3. The lowest BCUT2D eigenvalue weighted by Gasteiger charge is -2.16. The molecule has 0 radical (unpaired) electrons. The number of amides is 1. The summed E-state index contributed by atoms with van der Waals surface area (Å²) in [5, 5.41) is 3.80. The second-order valence-corrected chi connectivity index (χ2v) is 5.74. The van der Waals surface area contributed by atoms with E-state index in [0.717, 1.165) is 5.56 Å². The molecule has 4 nitrogen and oxygen atoms in total. The Labute approximate surface area is 144 Å². The molecule has 2 aromatic carbocycles. The van der Waals surface area contributed by atoms with Crippen molar-refractivity contribution < 1.29 is 14.3 Å². The minimum absolute atomic E-state index is 0.194. The number of hydrogen-bond donors (Lipinski definition) is 1. The van der Waals surface area contributed by atoms with Crippen molar-refractivity contribution in [1.82, 2.24) is 5.32 Å². The van der Waals surface area contributed by atoms with Gasteiger partial charge in [0.25, 0.3) is 5.91 Å². The summed E-state index contributed by atoms with van der Waals surface area (Å²) < 4.78 is 5.38. The third kappa shape index (κ3) is 4.71. The van der Waals surface area contributed by atoms with E-state index in [1.807, 2.05) is 6.92 Å². The first-order chi connectivity index (χ1) is 11.0. The van der Waals surface area contributed by atoms with Crippen molar-refractivity contribution in [2.75, 3.05) is 6.61 Å². The van der Waals surface area contributed by atoms with E-state index >= 15 is 0 Å². The van der Waals surface area contributed by atoms with Gasteiger partial charge in [0.1, 0.15) is 5.75 Å². The molecule has 1 N–H and O–H groups in total. The van der Waals surface area contributed by atoms with Gasteiger partial charge in [0.2, 0.25) is 0 Å². The predicted molar refractivity (Wildman–Crippen MR) is 90.3 cm³/mol. The number of benzene rings is 2. The molecule has 0 aliphatic heterocycles. The summed E-state index contributed by atoms with van der Waals surface area (Å²) in [6.45, 7) is 1.62. The molecule has 0 heterocycles. The maximum absolute atomic E-state index is 12.0. The Morgan fingerprint density at radius 3 is 2.70 bits per heavy atom.